The number of benzene rings is 1. The zero-order chi connectivity index (χ0) is 20.5. The molecular formula is C18H21N3O5S. The van der Waals surface area contributed by atoms with E-state index >= 15 is 0 Å². The number of hydrogen-bond acceptors (Lipinski definition) is 5. The summed E-state index contributed by atoms with van der Waals surface area (Å²) in [6.07, 6.45) is 1.03. The molecule has 0 saturated heterocycles. The van der Waals surface area contributed by atoms with Gasteiger partial charge in [-0.2, -0.15) is 0 Å². The first-order chi connectivity index (χ1) is 12.4. The number of Topliss-reactive ketones (excluding diaryl/α,β-unsaturated/α-hetero) is 1. The maximum absolute atomic E-state index is 12.4. The summed E-state index contributed by atoms with van der Waals surface area (Å²) in [5, 5.41) is 0. The fourth-order valence-electron chi connectivity index (χ4n) is 2.93. The lowest BCUT2D eigenvalue weighted by molar-refractivity contribution is -0.118. The summed E-state index contributed by atoms with van der Waals surface area (Å²) in [6.45, 7) is 5.65. The van der Waals surface area contributed by atoms with Gasteiger partial charge in [-0.15, -0.1) is 0 Å². The Morgan fingerprint density at radius 1 is 1.07 bits per heavy atom. The highest BCUT2D eigenvalue weighted by atomic mass is 32.2. The van der Waals surface area contributed by atoms with Crippen molar-refractivity contribution in [2.24, 2.45) is 12.8 Å². The normalized spacial score (nSPS) is 11.3. The van der Waals surface area contributed by atoms with Crippen molar-refractivity contribution in [3.05, 3.63) is 52.3 Å². The molecule has 27 heavy (non-hydrogen) atoms. The van der Waals surface area contributed by atoms with Crippen LogP contribution >= 0.6 is 0 Å². The summed E-state index contributed by atoms with van der Waals surface area (Å²) in [5.74, 6) is -2.91. The molecule has 2 aromatic rings. The Balaban J connectivity index is 2.24. The zero-order valence-electron chi connectivity index (χ0n) is 15.5. The van der Waals surface area contributed by atoms with E-state index < -0.39 is 27.6 Å². The van der Waals surface area contributed by atoms with E-state index in [1.54, 1.807) is 0 Å². The fourth-order valence-corrected chi connectivity index (χ4v) is 3.98. The minimum absolute atomic E-state index is 0.100. The first-order valence-electron chi connectivity index (χ1n) is 8.05. The van der Waals surface area contributed by atoms with Gasteiger partial charge in [0, 0.05) is 13.2 Å². The molecule has 1 heterocycles. The molecular weight excluding hydrogens is 370 g/mol. The van der Waals surface area contributed by atoms with E-state index in [2.05, 4.69) is 0 Å². The molecule has 8 nitrogen and oxygen atoms in total. The van der Waals surface area contributed by atoms with Gasteiger partial charge in [0.05, 0.1) is 12.1 Å². The van der Waals surface area contributed by atoms with E-state index in [4.69, 9.17) is 5.73 Å². The topological polar surface area (TPSA) is 128 Å². The van der Waals surface area contributed by atoms with Gasteiger partial charge in [-0.25, -0.2) is 13.1 Å². The maximum Gasteiger partial charge on any atom is 0.291 e. The van der Waals surface area contributed by atoms with Crippen molar-refractivity contribution in [1.29, 1.82) is 0 Å². The van der Waals surface area contributed by atoms with E-state index in [1.165, 1.54) is 11.6 Å². The smallest absolute Gasteiger partial charge is 0.291 e. The molecule has 0 spiro atoms. The molecule has 0 aliphatic rings. The standard InChI is InChI=1S/C18H21N3O5S/c1-10-5-11(2)14(12(3)6-10)8-16(22)20-27(25,26)13-7-15(21(4)9-13)17(23)18(19)24/h5-7,9H,8H2,1-4H3,(H2,19,24)(H,20,22). The van der Waals surface area contributed by atoms with Gasteiger partial charge in [-0.05, 0) is 43.5 Å². The minimum Gasteiger partial charge on any atom is -0.363 e. The van der Waals surface area contributed by atoms with Crippen LogP contribution in [0.2, 0.25) is 0 Å². The van der Waals surface area contributed by atoms with E-state index in [9.17, 15) is 22.8 Å². The van der Waals surface area contributed by atoms with Crippen LogP contribution in [-0.4, -0.2) is 30.6 Å². The van der Waals surface area contributed by atoms with Crippen LogP contribution in [-0.2, 0) is 33.1 Å². The van der Waals surface area contributed by atoms with E-state index in [0.29, 0.717) is 0 Å². The first-order valence-corrected chi connectivity index (χ1v) is 9.53. The van der Waals surface area contributed by atoms with Crippen molar-refractivity contribution in [3.8, 4) is 0 Å². The number of nitrogens with two attached hydrogens (primary N) is 1. The highest BCUT2D eigenvalue weighted by molar-refractivity contribution is 7.90. The molecule has 1 aromatic heterocycles. The Bertz CT molecular complexity index is 1030. The molecule has 0 bridgehead atoms. The highest BCUT2D eigenvalue weighted by Crippen LogP contribution is 2.18. The second-order valence-electron chi connectivity index (χ2n) is 6.45. The molecule has 0 unspecified atom stereocenters. The predicted molar refractivity (Wildman–Crippen MR) is 98.6 cm³/mol. The molecule has 2 rings (SSSR count). The monoisotopic (exact) mass is 391 g/mol. The van der Waals surface area contributed by atoms with Crippen LogP contribution in [0.15, 0.2) is 29.3 Å². The number of primary amides is 1. The summed E-state index contributed by atoms with van der Waals surface area (Å²) in [7, 11) is -2.80. The van der Waals surface area contributed by atoms with Gasteiger partial charge in [-0.1, -0.05) is 17.7 Å². The maximum atomic E-state index is 12.4. The molecule has 0 radical (unpaired) electrons. The third-order valence-corrected chi connectivity index (χ3v) is 5.51. The van der Waals surface area contributed by atoms with Crippen LogP contribution in [0.5, 0.6) is 0 Å². The van der Waals surface area contributed by atoms with Gasteiger partial charge >= 0.3 is 0 Å². The summed E-state index contributed by atoms with van der Waals surface area (Å²) in [4.78, 5) is 34.7. The third kappa shape index (κ3) is 4.43. The summed E-state index contributed by atoms with van der Waals surface area (Å²) >= 11 is 0. The number of nitrogens with one attached hydrogen (secondary N) is 1. The van der Waals surface area contributed by atoms with Crippen molar-refractivity contribution in [2.45, 2.75) is 32.1 Å². The van der Waals surface area contributed by atoms with Gasteiger partial charge in [0.15, 0.2) is 0 Å². The number of aromatic nitrogens is 1. The van der Waals surface area contributed by atoms with Gasteiger partial charge in [-0.3, -0.25) is 14.4 Å². The largest absolute Gasteiger partial charge is 0.363 e. The molecule has 144 valence electrons. The SMILES string of the molecule is Cc1cc(C)c(CC(=O)NS(=O)(=O)c2cc(C(=O)C(N)=O)n(C)c2)c(C)c1. The van der Waals surface area contributed by atoms with Gasteiger partial charge < -0.3 is 10.3 Å². The lowest BCUT2D eigenvalue weighted by Gasteiger charge is -2.11. The second kappa shape index (κ2) is 7.36. The molecule has 0 aliphatic carbocycles. The molecule has 0 fully saturated rings. The van der Waals surface area contributed by atoms with Crippen LogP contribution in [0.4, 0.5) is 0 Å². The molecule has 3 N–H and O–H groups in total. The van der Waals surface area contributed by atoms with E-state index in [-0.39, 0.29) is 17.0 Å². The van der Waals surface area contributed by atoms with Crippen molar-refractivity contribution in [1.82, 2.24) is 9.29 Å². The number of aryl methyl sites for hydroxylation is 4. The van der Waals surface area contributed by atoms with Crippen molar-refractivity contribution >= 4 is 27.6 Å². The van der Waals surface area contributed by atoms with Gasteiger partial charge in [0.1, 0.15) is 4.90 Å². The van der Waals surface area contributed by atoms with E-state index in [0.717, 1.165) is 34.5 Å². The number of sulfonamides is 1. The van der Waals surface area contributed by atoms with Crippen molar-refractivity contribution in [3.63, 3.8) is 0 Å². The van der Waals surface area contributed by atoms with Crippen LogP contribution < -0.4 is 10.5 Å². The number of rotatable bonds is 6. The average Bonchev–Trinajstić information content (AvgIpc) is 2.92. The zero-order valence-corrected chi connectivity index (χ0v) is 16.3. The van der Waals surface area contributed by atoms with Crippen LogP contribution in [0.1, 0.15) is 32.7 Å². The lowest BCUT2D eigenvalue weighted by atomic mass is 9.97. The Morgan fingerprint density at radius 3 is 2.15 bits per heavy atom. The number of nitrogens with zero attached hydrogens (tertiary/aromatic N) is 1. The minimum atomic E-state index is -4.20. The molecule has 9 heteroatoms. The number of carbonyl (C=O) groups is 3. The Morgan fingerprint density at radius 2 is 1.63 bits per heavy atom. The Labute approximate surface area is 157 Å². The number of carbonyl (C=O) groups excluding carboxylic acids is 3. The summed E-state index contributed by atoms with van der Waals surface area (Å²) in [5.41, 5.74) is 8.36. The summed E-state index contributed by atoms with van der Waals surface area (Å²) < 4.78 is 28.0. The van der Waals surface area contributed by atoms with E-state index in [1.807, 2.05) is 37.6 Å². The molecule has 0 saturated carbocycles. The summed E-state index contributed by atoms with van der Waals surface area (Å²) in [6, 6.07) is 4.84. The van der Waals surface area contributed by atoms with Gasteiger partial charge in [0.2, 0.25) is 5.91 Å². The number of hydrogen-bond donors (Lipinski definition) is 2. The predicted octanol–water partition coefficient (Wildman–Crippen LogP) is 0.666. The quantitative estimate of drug-likeness (QED) is 0.552. The molecule has 2 amide bonds. The van der Waals surface area contributed by atoms with Gasteiger partial charge in [0.25, 0.3) is 21.7 Å². The Kier molecular flexibility index (Phi) is 5.55. The molecule has 1 aromatic carbocycles. The molecule has 0 atom stereocenters. The fraction of sp³-hybridized carbons (Fsp3) is 0.278. The highest BCUT2D eigenvalue weighted by Gasteiger charge is 2.24. The molecule has 0 aliphatic heterocycles. The van der Waals surface area contributed by atoms with Crippen molar-refractivity contribution in [2.75, 3.05) is 0 Å². The number of amides is 2. The van der Waals surface area contributed by atoms with Crippen LogP contribution in [0.3, 0.4) is 0 Å². The lowest BCUT2D eigenvalue weighted by Crippen LogP contribution is -2.32. The van der Waals surface area contributed by atoms with Crippen LogP contribution in [0.25, 0.3) is 0 Å². The second-order valence-corrected chi connectivity index (χ2v) is 8.13. The first kappa shape index (κ1) is 20.4. The van der Waals surface area contributed by atoms with Crippen LogP contribution in [0, 0.1) is 20.8 Å². The number of ketones is 1. The third-order valence-electron chi connectivity index (χ3n) is 4.17. The Hall–Kier alpha value is -2.94. The van der Waals surface area contributed by atoms with Crippen molar-refractivity contribution < 1.29 is 22.8 Å². The average molecular weight is 391 g/mol.